The van der Waals surface area contributed by atoms with E-state index in [2.05, 4.69) is 4.98 Å². The molecule has 1 unspecified atom stereocenters. The fraction of sp³-hybridized carbons (Fsp3) is 0.556. The van der Waals surface area contributed by atoms with Gasteiger partial charge in [0.25, 0.3) is 10.0 Å². The highest BCUT2D eigenvalue weighted by atomic mass is 32.2. The summed E-state index contributed by atoms with van der Waals surface area (Å²) in [5.74, 6) is -0.663. The minimum absolute atomic E-state index is 0.145. The largest absolute Gasteiger partial charge is 0.480 e. The molecule has 1 rings (SSSR count). The van der Waals surface area contributed by atoms with Crippen molar-refractivity contribution in [1.82, 2.24) is 13.9 Å². The van der Waals surface area contributed by atoms with E-state index in [9.17, 15) is 13.2 Å². The maximum Gasteiger partial charge on any atom is 0.321 e. The second-order valence-corrected chi connectivity index (χ2v) is 5.72. The van der Waals surface area contributed by atoms with E-state index in [1.165, 1.54) is 20.2 Å². The van der Waals surface area contributed by atoms with Gasteiger partial charge < -0.3 is 9.67 Å². The van der Waals surface area contributed by atoms with E-state index in [1.807, 2.05) is 0 Å². The molecular formula is C9H15N3O4S. The molecule has 17 heavy (non-hydrogen) atoms. The highest BCUT2D eigenvalue weighted by Crippen LogP contribution is 2.15. The monoisotopic (exact) mass is 261 g/mol. The average molecular weight is 261 g/mol. The van der Waals surface area contributed by atoms with Crippen LogP contribution in [0.25, 0.3) is 0 Å². The van der Waals surface area contributed by atoms with Crippen molar-refractivity contribution in [2.24, 2.45) is 7.05 Å². The molecule has 0 spiro atoms. The van der Waals surface area contributed by atoms with Crippen molar-refractivity contribution in [2.45, 2.75) is 24.9 Å². The van der Waals surface area contributed by atoms with Gasteiger partial charge in [0.1, 0.15) is 11.9 Å². The second kappa shape index (κ2) is 4.46. The van der Waals surface area contributed by atoms with E-state index in [4.69, 9.17) is 5.11 Å². The molecule has 0 saturated heterocycles. The summed E-state index contributed by atoms with van der Waals surface area (Å²) in [6, 6.07) is -1.14. The van der Waals surface area contributed by atoms with Gasteiger partial charge in [0.15, 0.2) is 5.03 Å². The molecule has 7 nitrogen and oxygen atoms in total. The standard InChI is InChI=1S/C9H15N3O4S/c1-6(9(13)14)12(4)17(15,16)8-5-11(3)7(2)10-8/h5-6H,1-4H3,(H,13,14). The maximum absolute atomic E-state index is 12.0. The molecule has 0 aliphatic heterocycles. The lowest BCUT2D eigenvalue weighted by atomic mass is 10.4. The van der Waals surface area contributed by atoms with Crippen molar-refractivity contribution in [3.05, 3.63) is 12.0 Å². The number of hydrogen-bond donors (Lipinski definition) is 1. The number of aromatic nitrogens is 2. The van der Waals surface area contributed by atoms with Gasteiger partial charge >= 0.3 is 5.97 Å². The van der Waals surface area contributed by atoms with Gasteiger partial charge in [0, 0.05) is 20.3 Å². The van der Waals surface area contributed by atoms with Crippen LogP contribution in [-0.2, 0) is 21.9 Å². The van der Waals surface area contributed by atoms with Crippen LogP contribution in [0.2, 0.25) is 0 Å². The smallest absolute Gasteiger partial charge is 0.321 e. The Bertz CT molecular complexity index is 515. The lowest BCUT2D eigenvalue weighted by Gasteiger charge is -2.19. The first-order chi connectivity index (χ1) is 7.67. The Hall–Kier alpha value is -1.41. The van der Waals surface area contributed by atoms with Crippen LogP contribution in [0.4, 0.5) is 0 Å². The molecule has 0 amide bonds. The molecule has 1 heterocycles. The van der Waals surface area contributed by atoms with Crippen molar-refractivity contribution in [3.8, 4) is 0 Å². The summed E-state index contributed by atoms with van der Waals surface area (Å²) in [5.41, 5.74) is 0. The van der Waals surface area contributed by atoms with Crippen molar-refractivity contribution in [2.75, 3.05) is 7.05 Å². The summed E-state index contributed by atoms with van der Waals surface area (Å²) in [6.07, 6.45) is 1.36. The number of aryl methyl sites for hydroxylation is 2. The van der Waals surface area contributed by atoms with Crippen LogP contribution >= 0.6 is 0 Å². The Balaban J connectivity index is 3.15. The van der Waals surface area contributed by atoms with Gasteiger partial charge in [-0.25, -0.2) is 13.4 Å². The fourth-order valence-corrected chi connectivity index (χ4v) is 2.50. The molecule has 96 valence electrons. The Labute approximate surface area is 99.7 Å². The van der Waals surface area contributed by atoms with Gasteiger partial charge in [-0.05, 0) is 13.8 Å². The zero-order valence-electron chi connectivity index (χ0n) is 10.1. The molecule has 0 aliphatic carbocycles. The van der Waals surface area contributed by atoms with Crippen molar-refractivity contribution >= 4 is 16.0 Å². The zero-order chi connectivity index (χ0) is 13.4. The van der Waals surface area contributed by atoms with Gasteiger partial charge in [-0.2, -0.15) is 4.31 Å². The third-order valence-electron chi connectivity index (χ3n) is 2.63. The van der Waals surface area contributed by atoms with Crippen molar-refractivity contribution in [1.29, 1.82) is 0 Å². The topological polar surface area (TPSA) is 92.5 Å². The number of carboxylic acids is 1. The maximum atomic E-state index is 12.0. The Morgan fingerprint density at radius 1 is 1.59 bits per heavy atom. The van der Waals surface area contributed by atoms with Crippen LogP contribution in [0.1, 0.15) is 12.7 Å². The number of nitrogens with zero attached hydrogens (tertiary/aromatic N) is 3. The number of carboxylic acid groups (broad SMARTS) is 1. The number of likely N-dealkylation sites (N-methyl/N-ethyl adjacent to an activating group) is 1. The lowest BCUT2D eigenvalue weighted by Crippen LogP contribution is -2.40. The van der Waals surface area contributed by atoms with Crippen molar-refractivity contribution in [3.63, 3.8) is 0 Å². The number of carbonyl (C=O) groups is 1. The third-order valence-corrected chi connectivity index (χ3v) is 4.43. The molecule has 0 radical (unpaired) electrons. The summed E-state index contributed by atoms with van der Waals surface area (Å²) in [4.78, 5) is 14.6. The quantitative estimate of drug-likeness (QED) is 0.811. The molecular weight excluding hydrogens is 246 g/mol. The highest BCUT2D eigenvalue weighted by Gasteiger charge is 2.31. The van der Waals surface area contributed by atoms with Crippen LogP contribution in [0, 0.1) is 6.92 Å². The van der Waals surface area contributed by atoms with Gasteiger partial charge in [-0.1, -0.05) is 0 Å². The van der Waals surface area contributed by atoms with Crippen LogP contribution in [0.3, 0.4) is 0 Å². The van der Waals surface area contributed by atoms with Crippen molar-refractivity contribution < 1.29 is 18.3 Å². The van der Waals surface area contributed by atoms with E-state index in [-0.39, 0.29) is 5.03 Å². The summed E-state index contributed by atoms with van der Waals surface area (Å²) in [6.45, 7) is 2.97. The Morgan fingerprint density at radius 2 is 2.12 bits per heavy atom. The lowest BCUT2D eigenvalue weighted by molar-refractivity contribution is -0.140. The summed E-state index contributed by atoms with van der Waals surface area (Å²) < 4.78 is 26.4. The first-order valence-electron chi connectivity index (χ1n) is 4.88. The van der Waals surface area contributed by atoms with Gasteiger partial charge in [0.2, 0.25) is 0 Å². The van der Waals surface area contributed by atoms with E-state index in [0.717, 1.165) is 4.31 Å². The molecule has 0 aliphatic rings. The Morgan fingerprint density at radius 3 is 2.47 bits per heavy atom. The molecule has 1 N–H and O–H groups in total. The van der Waals surface area contributed by atoms with E-state index in [0.29, 0.717) is 5.82 Å². The summed E-state index contributed by atoms with van der Waals surface area (Å²) in [5, 5.41) is 8.65. The van der Waals surface area contributed by atoms with Crippen LogP contribution in [-0.4, -0.2) is 46.4 Å². The first kappa shape index (κ1) is 13.7. The molecule has 1 atom stereocenters. The molecule has 0 aromatic carbocycles. The molecule has 0 fully saturated rings. The minimum atomic E-state index is -3.86. The van der Waals surface area contributed by atoms with Gasteiger partial charge in [0.05, 0.1) is 0 Å². The van der Waals surface area contributed by atoms with Gasteiger partial charge in [-0.3, -0.25) is 4.79 Å². The molecule has 8 heteroatoms. The van der Waals surface area contributed by atoms with E-state index >= 15 is 0 Å². The molecule has 1 aromatic heterocycles. The van der Waals surface area contributed by atoms with Crippen LogP contribution in [0.5, 0.6) is 0 Å². The summed E-state index contributed by atoms with van der Waals surface area (Å²) >= 11 is 0. The average Bonchev–Trinajstić information content (AvgIpc) is 2.57. The van der Waals surface area contributed by atoms with E-state index in [1.54, 1.807) is 18.5 Å². The van der Waals surface area contributed by atoms with E-state index < -0.39 is 22.0 Å². The predicted octanol–water partition coefficient (Wildman–Crippen LogP) is -0.178. The second-order valence-electron chi connectivity index (χ2n) is 3.77. The first-order valence-corrected chi connectivity index (χ1v) is 6.32. The molecule has 0 saturated carbocycles. The molecule has 0 bridgehead atoms. The normalized spacial score (nSPS) is 13.9. The molecule has 1 aromatic rings. The zero-order valence-corrected chi connectivity index (χ0v) is 10.9. The number of imidazole rings is 1. The van der Waals surface area contributed by atoms with Crippen LogP contribution < -0.4 is 0 Å². The number of hydrogen-bond acceptors (Lipinski definition) is 4. The summed E-state index contributed by atoms with van der Waals surface area (Å²) in [7, 11) is -0.975. The Kier molecular flexibility index (Phi) is 3.58. The fourth-order valence-electron chi connectivity index (χ4n) is 1.16. The SMILES string of the molecule is Cc1nc(S(=O)(=O)N(C)C(C)C(=O)O)cn1C. The van der Waals surface area contributed by atoms with Gasteiger partial charge in [-0.15, -0.1) is 0 Å². The minimum Gasteiger partial charge on any atom is -0.480 e. The third kappa shape index (κ3) is 2.47. The number of rotatable bonds is 4. The highest BCUT2D eigenvalue weighted by molar-refractivity contribution is 7.89. The predicted molar refractivity (Wildman–Crippen MR) is 60.0 cm³/mol. The van der Waals surface area contributed by atoms with Crippen LogP contribution in [0.15, 0.2) is 11.2 Å². The number of sulfonamides is 1. The number of aliphatic carboxylic acids is 1.